The number of aromatic nitrogens is 4. The minimum atomic E-state index is 0.614. The molecule has 5 nitrogen and oxygen atoms in total. The molecule has 4 aromatic heterocycles. The number of benzene rings is 8. The Bertz CT molecular complexity index is 3510. The van der Waals surface area contributed by atoms with Crippen LogP contribution >= 0.6 is 22.7 Å². The van der Waals surface area contributed by atoms with Crippen LogP contribution in [-0.2, 0) is 0 Å². The molecule has 0 aliphatic heterocycles. The first kappa shape index (κ1) is 30.6. The summed E-state index contributed by atoms with van der Waals surface area (Å²) in [4.78, 5) is 20.5. The monoisotopic (exact) mass is 738 g/mol. The Hall–Kier alpha value is -6.80. The van der Waals surface area contributed by atoms with E-state index in [0.717, 1.165) is 64.3 Å². The Morgan fingerprint density at radius 2 is 1.11 bits per heavy atom. The fourth-order valence-corrected chi connectivity index (χ4v) is 10.3. The first-order chi connectivity index (χ1) is 27.2. The smallest absolute Gasteiger partial charge is 0.228 e. The van der Waals surface area contributed by atoms with Gasteiger partial charge in [0.2, 0.25) is 5.89 Å². The average Bonchev–Trinajstić information content (AvgIpc) is 3.96. The topological polar surface area (TPSA) is 64.7 Å². The fraction of sp³-hybridized carbons (Fsp3) is 0. The molecule has 7 heteroatoms. The molecule has 8 aromatic carbocycles. The standard InChI is InChI=1S/C48H26N4OS2/c1-2-11-28(12-3-1)45-50-46(31-20-22-33-37-24-29-13-4-5-14-30(29)25-41(37)54-40(33)26-31)52-47(51-45)35-17-9-19-39-42(35)34-16-8-18-36(44(34)55-39)48-49-38-23-21-27-10-6-7-15-32(27)43(38)53-48/h1-26H. The maximum atomic E-state index is 6.55. The highest BCUT2D eigenvalue weighted by Crippen LogP contribution is 2.45. The second kappa shape index (κ2) is 11.9. The van der Waals surface area contributed by atoms with Gasteiger partial charge in [0.25, 0.3) is 0 Å². The van der Waals surface area contributed by atoms with Gasteiger partial charge in [0.1, 0.15) is 5.52 Å². The zero-order valence-electron chi connectivity index (χ0n) is 29.0. The van der Waals surface area contributed by atoms with E-state index in [4.69, 9.17) is 24.4 Å². The summed E-state index contributed by atoms with van der Waals surface area (Å²) in [5.41, 5.74) is 5.48. The summed E-state index contributed by atoms with van der Waals surface area (Å²) in [6.45, 7) is 0. The lowest BCUT2D eigenvalue weighted by Crippen LogP contribution is -2.00. The molecule has 0 aliphatic carbocycles. The van der Waals surface area contributed by atoms with E-state index in [9.17, 15) is 0 Å². The quantitative estimate of drug-likeness (QED) is 0.180. The summed E-state index contributed by atoms with van der Waals surface area (Å²) in [5, 5.41) is 9.42. The number of rotatable bonds is 4. The molecule has 0 N–H and O–H groups in total. The molecule has 0 amide bonds. The molecule has 0 saturated heterocycles. The van der Waals surface area contributed by atoms with Gasteiger partial charge in [-0.25, -0.2) is 19.9 Å². The Balaban J connectivity index is 1.04. The highest BCUT2D eigenvalue weighted by molar-refractivity contribution is 7.26. The predicted octanol–water partition coefficient (Wildman–Crippen LogP) is 13.7. The van der Waals surface area contributed by atoms with Crippen LogP contribution in [0.4, 0.5) is 0 Å². The third kappa shape index (κ3) is 4.84. The van der Waals surface area contributed by atoms with Crippen LogP contribution in [0.15, 0.2) is 162 Å². The highest BCUT2D eigenvalue weighted by Gasteiger charge is 2.21. The van der Waals surface area contributed by atoms with E-state index < -0.39 is 0 Å². The van der Waals surface area contributed by atoms with E-state index in [1.165, 1.54) is 30.9 Å². The molecule has 0 atom stereocenters. The van der Waals surface area contributed by atoms with Gasteiger partial charge in [-0.15, -0.1) is 22.7 Å². The number of hydrogen-bond donors (Lipinski definition) is 0. The zero-order valence-corrected chi connectivity index (χ0v) is 30.7. The molecule has 55 heavy (non-hydrogen) atoms. The normalized spacial score (nSPS) is 12.0. The van der Waals surface area contributed by atoms with Gasteiger partial charge in [0.05, 0.1) is 5.56 Å². The van der Waals surface area contributed by atoms with Gasteiger partial charge >= 0.3 is 0 Å². The number of thiophene rings is 2. The van der Waals surface area contributed by atoms with Gasteiger partial charge in [0, 0.05) is 62.4 Å². The Kier molecular flexibility index (Phi) is 6.60. The molecule has 0 saturated carbocycles. The number of fused-ring (bicyclic) bond motifs is 10. The summed E-state index contributed by atoms with van der Waals surface area (Å²) in [5.74, 6) is 2.53. The lowest BCUT2D eigenvalue weighted by Gasteiger charge is -2.10. The average molecular weight is 739 g/mol. The van der Waals surface area contributed by atoms with Crippen molar-refractivity contribution in [2.45, 2.75) is 0 Å². The summed E-state index contributed by atoms with van der Waals surface area (Å²) in [6.07, 6.45) is 0. The van der Waals surface area contributed by atoms with E-state index in [1.807, 2.05) is 47.7 Å². The number of oxazole rings is 1. The van der Waals surface area contributed by atoms with E-state index >= 15 is 0 Å². The van der Waals surface area contributed by atoms with Crippen molar-refractivity contribution in [1.82, 2.24) is 19.9 Å². The van der Waals surface area contributed by atoms with E-state index in [-0.39, 0.29) is 0 Å². The maximum Gasteiger partial charge on any atom is 0.228 e. The van der Waals surface area contributed by atoms with E-state index in [0.29, 0.717) is 23.4 Å². The van der Waals surface area contributed by atoms with Crippen molar-refractivity contribution in [2.75, 3.05) is 0 Å². The van der Waals surface area contributed by atoms with Gasteiger partial charge in [-0.1, -0.05) is 121 Å². The Morgan fingerprint density at radius 3 is 2.00 bits per heavy atom. The third-order valence-corrected chi connectivity index (χ3v) is 12.9. The minimum Gasteiger partial charge on any atom is -0.435 e. The van der Waals surface area contributed by atoms with Crippen LogP contribution in [0.25, 0.3) is 119 Å². The van der Waals surface area contributed by atoms with Gasteiger partial charge in [-0.05, 0) is 52.6 Å². The van der Waals surface area contributed by atoms with Crippen molar-refractivity contribution in [1.29, 1.82) is 0 Å². The number of nitrogens with zero attached hydrogens (tertiary/aromatic N) is 4. The number of hydrogen-bond acceptors (Lipinski definition) is 7. The van der Waals surface area contributed by atoms with Crippen LogP contribution in [0, 0.1) is 0 Å². The summed E-state index contributed by atoms with van der Waals surface area (Å²) < 4.78 is 11.3. The molecule has 0 fully saturated rings. The molecular weight excluding hydrogens is 713 g/mol. The van der Waals surface area contributed by atoms with Crippen LogP contribution in [0.2, 0.25) is 0 Å². The zero-order chi connectivity index (χ0) is 36.0. The molecule has 0 spiro atoms. The highest BCUT2D eigenvalue weighted by atomic mass is 32.1. The molecular formula is C48H26N4OS2. The lowest BCUT2D eigenvalue weighted by atomic mass is 10.0. The lowest BCUT2D eigenvalue weighted by molar-refractivity contribution is 0.624. The molecule has 0 aliphatic rings. The van der Waals surface area contributed by atoms with Crippen LogP contribution in [0.3, 0.4) is 0 Å². The second-order valence-corrected chi connectivity index (χ2v) is 15.9. The van der Waals surface area contributed by atoms with Crippen LogP contribution in [-0.4, -0.2) is 19.9 Å². The van der Waals surface area contributed by atoms with Crippen molar-refractivity contribution in [2.24, 2.45) is 0 Å². The van der Waals surface area contributed by atoms with Crippen molar-refractivity contribution < 1.29 is 4.42 Å². The molecule has 256 valence electrons. The van der Waals surface area contributed by atoms with Crippen molar-refractivity contribution >= 4 is 95.7 Å². The van der Waals surface area contributed by atoms with Crippen molar-refractivity contribution in [3.63, 3.8) is 0 Å². The first-order valence-corrected chi connectivity index (χ1v) is 19.8. The van der Waals surface area contributed by atoms with Gasteiger partial charge < -0.3 is 4.42 Å². The molecule has 12 rings (SSSR count). The van der Waals surface area contributed by atoms with Gasteiger partial charge in [-0.3, -0.25) is 0 Å². The van der Waals surface area contributed by atoms with Crippen LogP contribution < -0.4 is 0 Å². The molecule has 12 aromatic rings. The Labute approximate surface area is 321 Å². The molecule has 0 unspecified atom stereocenters. The largest absolute Gasteiger partial charge is 0.435 e. The SMILES string of the molecule is c1ccc(-c2nc(-c3ccc4c(c3)sc3cc5ccccc5cc34)nc(-c3cccc4sc5c(-c6nc7ccc8ccccc8c7o6)cccc5c34)n2)cc1. The molecule has 0 bridgehead atoms. The van der Waals surface area contributed by atoms with Crippen LogP contribution in [0.5, 0.6) is 0 Å². The predicted molar refractivity (Wildman–Crippen MR) is 230 cm³/mol. The fourth-order valence-electron chi connectivity index (χ4n) is 7.92. The second-order valence-electron chi connectivity index (χ2n) is 13.8. The summed E-state index contributed by atoms with van der Waals surface area (Å²) in [6, 6.07) is 55.1. The van der Waals surface area contributed by atoms with Gasteiger partial charge in [-0.2, -0.15) is 0 Å². The third-order valence-electron chi connectivity index (χ3n) is 10.5. The van der Waals surface area contributed by atoms with Crippen LogP contribution in [0.1, 0.15) is 0 Å². The molecule has 0 radical (unpaired) electrons. The van der Waals surface area contributed by atoms with E-state index in [2.05, 4.69) is 121 Å². The first-order valence-electron chi connectivity index (χ1n) is 18.1. The summed E-state index contributed by atoms with van der Waals surface area (Å²) in [7, 11) is 0. The maximum absolute atomic E-state index is 6.55. The summed E-state index contributed by atoms with van der Waals surface area (Å²) >= 11 is 3.55. The Morgan fingerprint density at radius 1 is 0.400 bits per heavy atom. The van der Waals surface area contributed by atoms with Crippen molar-refractivity contribution in [3.05, 3.63) is 158 Å². The van der Waals surface area contributed by atoms with Crippen molar-refractivity contribution in [3.8, 4) is 45.6 Å². The minimum absolute atomic E-state index is 0.614. The van der Waals surface area contributed by atoms with Gasteiger partial charge in [0.15, 0.2) is 23.1 Å². The molecule has 4 heterocycles. The van der Waals surface area contributed by atoms with E-state index in [1.54, 1.807) is 11.3 Å².